The first-order valence-electron chi connectivity index (χ1n) is 7.96. The molecule has 0 spiro atoms. The highest BCUT2D eigenvalue weighted by molar-refractivity contribution is 5.77. The highest BCUT2D eigenvalue weighted by Gasteiger charge is 2.48. The molecule has 1 aliphatic carbocycles. The summed E-state index contributed by atoms with van der Waals surface area (Å²) < 4.78 is 5.03. The van der Waals surface area contributed by atoms with Gasteiger partial charge in [0.15, 0.2) is 5.76 Å². The minimum atomic E-state index is -0.119. The Morgan fingerprint density at radius 3 is 2.68 bits per heavy atom. The fourth-order valence-electron chi connectivity index (χ4n) is 3.11. The molecule has 1 aromatic rings. The van der Waals surface area contributed by atoms with Crippen LogP contribution in [-0.4, -0.2) is 22.2 Å². The number of aromatic nitrogens is 1. The Balaban J connectivity index is 1.88. The highest BCUT2D eigenvalue weighted by atomic mass is 16.5. The number of hydrogen-bond acceptors (Lipinski definition) is 4. The van der Waals surface area contributed by atoms with Gasteiger partial charge in [-0.15, -0.1) is 0 Å². The van der Waals surface area contributed by atoms with Crippen molar-refractivity contribution >= 4 is 5.91 Å². The van der Waals surface area contributed by atoms with Gasteiger partial charge in [-0.2, -0.15) is 0 Å². The average molecular weight is 308 g/mol. The van der Waals surface area contributed by atoms with Crippen LogP contribution in [-0.2, 0) is 17.8 Å². The van der Waals surface area contributed by atoms with Crippen LogP contribution in [0.5, 0.6) is 0 Å². The van der Waals surface area contributed by atoms with E-state index in [0.29, 0.717) is 18.1 Å². The number of nitrogens with one attached hydrogen (secondary N) is 1. The second-order valence-corrected chi connectivity index (χ2v) is 8.26. The third-order valence-corrected chi connectivity index (χ3v) is 4.72. The molecule has 0 aromatic carbocycles. The Bertz CT molecular complexity index is 528. The van der Waals surface area contributed by atoms with Gasteiger partial charge in [-0.05, 0) is 29.6 Å². The summed E-state index contributed by atoms with van der Waals surface area (Å²) in [6.07, 6.45) is 2.33. The van der Waals surface area contributed by atoms with E-state index in [-0.39, 0.29) is 29.4 Å². The summed E-state index contributed by atoms with van der Waals surface area (Å²) in [5.74, 6) is 1.10. The Hall–Kier alpha value is -1.36. The van der Waals surface area contributed by atoms with Gasteiger partial charge in [0.05, 0.1) is 5.69 Å². The molecule has 0 saturated heterocycles. The van der Waals surface area contributed by atoms with Crippen LogP contribution in [0, 0.1) is 16.7 Å². The molecule has 1 saturated carbocycles. The van der Waals surface area contributed by atoms with Crippen molar-refractivity contribution in [2.75, 3.05) is 0 Å². The minimum Gasteiger partial charge on any atom is -0.388 e. The van der Waals surface area contributed by atoms with Gasteiger partial charge < -0.3 is 14.9 Å². The normalized spacial score (nSPS) is 23.9. The predicted octanol–water partition coefficient (Wildman–Crippen LogP) is 2.68. The first kappa shape index (κ1) is 17.0. The quantitative estimate of drug-likeness (QED) is 0.877. The van der Waals surface area contributed by atoms with E-state index < -0.39 is 0 Å². The largest absolute Gasteiger partial charge is 0.388 e. The summed E-state index contributed by atoms with van der Waals surface area (Å²) >= 11 is 0. The summed E-state index contributed by atoms with van der Waals surface area (Å²) in [4.78, 5) is 12.1. The Morgan fingerprint density at radius 2 is 2.18 bits per heavy atom. The van der Waals surface area contributed by atoms with Crippen LogP contribution < -0.4 is 5.32 Å². The summed E-state index contributed by atoms with van der Waals surface area (Å²) in [7, 11) is 0. The number of amides is 1. The van der Waals surface area contributed by atoms with Crippen molar-refractivity contribution in [2.45, 2.75) is 66.5 Å². The summed E-state index contributed by atoms with van der Waals surface area (Å²) in [5, 5.41) is 16.2. The van der Waals surface area contributed by atoms with Crippen molar-refractivity contribution in [3.05, 3.63) is 17.5 Å². The maximum Gasteiger partial charge on any atom is 0.220 e. The van der Waals surface area contributed by atoms with Crippen LogP contribution in [0.4, 0.5) is 0 Å². The number of rotatable bonds is 5. The Kier molecular flexibility index (Phi) is 4.66. The number of hydrogen-bond donors (Lipinski definition) is 2. The van der Waals surface area contributed by atoms with Gasteiger partial charge in [0, 0.05) is 18.5 Å². The lowest BCUT2D eigenvalue weighted by Crippen LogP contribution is -2.59. The van der Waals surface area contributed by atoms with E-state index in [2.05, 4.69) is 45.1 Å². The maximum absolute atomic E-state index is 12.1. The van der Waals surface area contributed by atoms with Crippen LogP contribution in [0.25, 0.3) is 0 Å². The molecule has 124 valence electrons. The lowest BCUT2D eigenvalue weighted by molar-refractivity contribution is -0.127. The fourth-order valence-corrected chi connectivity index (χ4v) is 3.11. The van der Waals surface area contributed by atoms with Gasteiger partial charge in [-0.3, -0.25) is 4.79 Å². The average Bonchev–Trinajstić information content (AvgIpc) is 2.83. The molecule has 5 nitrogen and oxygen atoms in total. The van der Waals surface area contributed by atoms with E-state index in [0.717, 1.165) is 18.5 Å². The van der Waals surface area contributed by atoms with Crippen molar-refractivity contribution in [1.29, 1.82) is 0 Å². The molecule has 1 fully saturated rings. The number of aliphatic hydroxyl groups is 1. The van der Waals surface area contributed by atoms with Crippen LogP contribution in [0.2, 0.25) is 0 Å². The second-order valence-electron chi connectivity index (χ2n) is 8.26. The monoisotopic (exact) mass is 308 g/mol. The molecule has 1 amide bonds. The molecular formula is C17H28N2O3. The molecule has 0 bridgehead atoms. The minimum absolute atomic E-state index is 0.0127. The zero-order chi connectivity index (χ0) is 16.5. The second kappa shape index (κ2) is 6.03. The van der Waals surface area contributed by atoms with Crippen molar-refractivity contribution in [3.8, 4) is 0 Å². The number of carbonyl (C=O) groups is 1. The van der Waals surface area contributed by atoms with Gasteiger partial charge in [-0.1, -0.05) is 39.8 Å². The molecular weight excluding hydrogens is 280 g/mol. The predicted molar refractivity (Wildman–Crippen MR) is 84.0 cm³/mol. The van der Waals surface area contributed by atoms with E-state index >= 15 is 0 Å². The summed E-state index contributed by atoms with van der Waals surface area (Å²) in [6, 6.07) is 2.03. The van der Waals surface area contributed by atoms with Gasteiger partial charge in [0.1, 0.15) is 6.61 Å². The molecule has 0 aliphatic heterocycles. The molecule has 2 N–H and O–H groups in total. The van der Waals surface area contributed by atoms with Crippen molar-refractivity contribution < 1.29 is 14.4 Å². The molecule has 1 aliphatic rings. The SMILES string of the molecule is CC(C)(C)CC(=O)N[C@H]1C[C@@H](Cc2cc(CO)on2)C1(C)C. The zero-order valence-electron chi connectivity index (χ0n) is 14.3. The third-order valence-electron chi connectivity index (χ3n) is 4.72. The Morgan fingerprint density at radius 1 is 1.50 bits per heavy atom. The summed E-state index contributed by atoms with van der Waals surface area (Å²) in [5.41, 5.74) is 0.937. The molecule has 22 heavy (non-hydrogen) atoms. The van der Waals surface area contributed by atoms with Crippen molar-refractivity contribution in [1.82, 2.24) is 10.5 Å². The highest BCUT2D eigenvalue weighted by Crippen LogP contribution is 2.47. The standard InChI is InChI=1S/C17H28N2O3/c1-16(2,3)9-15(21)18-14-7-11(17(14,4)5)6-12-8-13(10-20)22-19-12/h8,11,14,20H,6-7,9-10H2,1-5H3,(H,18,21)/t11-,14+/m1/s1. The zero-order valence-corrected chi connectivity index (χ0v) is 14.3. The molecule has 1 aromatic heterocycles. The number of aliphatic hydroxyl groups excluding tert-OH is 1. The molecule has 0 radical (unpaired) electrons. The fraction of sp³-hybridized carbons (Fsp3) is 0.765. The van der Waals surface area contributed by atoms with Crippen LogP contribution in [0.15, 0.2) is 10.6 Å². The van der Waals surface area contributed by atoms with E-state index in [9.17, 15) is 4.79 Å². The Labute approximate surface area is 132 Å². The first-order valence-corrected chi connectivity index (χ1v) is 7.96. The van der Waals surface area contributed by atoms with Crippen molar-refractivity contribution in [2.24, 2.45) is 16.7 Å². The number of carbonyl (C=O) groups excluding carboxylic acids is 1. The van der Waals surface area contributed by atoms with Crippen LogP contribution in [0.1, 0.15) is 58.9 Å². The van der Waals surface area contributed by atoms with E-state index in [1.54, 1.807) is 0 Å². The smallest absolute Gasteiger partial charge is 0.220 e. The maximum atomic E-state index is 12.1. The summed E-state index contributed by atoms with van der Waals surface area (Å²) in [6.45, 7) is 10.5. The third kappa shape index (κ3) is 3.88. The first-order chi connectivity index (χ1) is 10.1. The van der Waals surface area contributed by atoms with Gasteiger partial charge in [-0.25, -0.2) is 0 Å². The molecule has 2 rings (SSSR count). The topological polar surface area (TPSA) is 75.4 Å². The van der Waals surface area contributed by atoms with E-state index in [1.807, 2.05) is 6.07 Å². The molecule has 2 atom stereocenters. The van der Waals surface area contributed by atoms with Gasteiger partial charge in [0.25, 0.3) is 0 Å². The van der Waals surface area contributed by atoms with Crippen molar-refractivity contribution in [3.63, 3.8) is 0 Å². The van der Waals surface area contributed by atoms with Gasteiger partial charge in [0.2, 0.25) is 5.91 Å². The lowest BCUT2D eigenvalue weighted by atomic mass is 9.57. The van der Waals surface area contributed by atoms with E-state index in [1.165, 1.54) is 0 Å². The van der Waals surface area contributed by atoms with E-state index in [4.69, 9.17) is 9.63 Å². The lowest BCUT2D eigenvalue weighted by Gasteiger charge is -2.52. The molecule has 5 heteroatoms. The number of nitrogens with zero attached hydrogens (tertiary/aromatic N) is 1. The molecule has 1 heterocycles. The molecule has 0 unspecified atom stereocenters. The van der Waals surface area contributed by atoms with Crippen LogP contribution in [0.3, 0.4) is 0 Å². The van der Waals surface area contributed by atoms with Gasteiger partial charge >= 0.3 is 0 Å². The van der Waals surface area contributed by atoms with Crippen LogP contribution >= 0.6 is 0 Å².